The molecule has 5 heteroatoms. The maximum absolute atomic E-state index is 13.9. The van der Waals surface area contributed by atoms with Crippen molar-refractivity contribution in [1.29, 1.82) is 0 Å². The number of benzene rings is 1. The molecule has 0 radical (unpaired) electrons. The van der Waals surface area contributed by atoms with E-state index in [1.165, 1.54) is 6.07 Å². The van der Waals surface area contributed by atoms with E-state index in [1.54, 1.807) is 6.07 Å². The molecule has 0 saturated carbocycles. The first kappa shape index (κ1) is 17.1. The molecule has 2 aromatic rings. The van der Waals surface area contributed by atoms with Crippen molar-refractivity contribution in [2.75, 3.05) is 6.61 Å². The average Bonchev–Trinajstić information content (AvgIpc) is 3.06. The quantitative estimate of drug-likeness (QED) is 0.881. The average molecular weight is 331 g/mol. The van der Waals surface area contributed by atoms with Gasteiger partial charge in [-0.2, -0.15) is 0 Å². The van der Waals surface area contributed by atoms with Crippen LogP contribution in [0.15, 0.2) is 36.7 Å². The summed E-state index contributed by atoms with van der Waals surface area (Å²) in [6, 6.07) is 7.36. The smallest absolute Gasteiger partial charge is 0.139 e. The van der Waals surface area contributed by atoms with Crippen molar-refractivity contribution in [1.82, 2.24) is 14.9 Å². The molecule has 1 aliphatic heterocycles. The monoisotopic (exact) mass is 331 g/mol. The minimum absolute atomic E-state index is 0.0447. The zero-order chi connectivity index (χ0) is 16.9. The van der Waals surface area contributed by atoms with E-state index in [0.29, 0.717) is 6.42 Å². The minimum atomic E-state index is -0.135. The van der Waals surface area contributed by atoms with E-state index in [-0.39, 0.29) is 24.0 Å². The Bertz CT molecular complexity index is 658. The standard InChI is InChI=1S/C19H26FN3O/c1-3-23-11-10-21-19(23)18-17(9-6-12-24-18)22-14(2)13-15-7-4-5-8-16(15)20/h4-5,7-8,10-11,14,17-18,22H,3,6,9,12-13H2,1-2H3/t14-,17+,18+/m1/s1. The molecular formula is C19H26FN3O. The van der Waals surface area contributed by atoms with Gasteiger partial charge >= 0.3 is 0 Å². The normalized spacial score (nSPS) is 22.5. The summed E-state index contributed by atoms with van der Waals surface area (Å²) in [6.45, 7) is 5.86. The molecule has 130 valence electrons. The van der Waals surface area contributed by atoms with Crippen LogP contribution in [0.25, 0.3) is 0 Å². The lowest BCUT2D eigenvalue weighted by molar-refractivity contribution is -0.0203. The van der Waals surface area contributed by atoms with Gasteiger partial charge in [0.2, 0.25) is 0 Å². The highest BCUT2D eigenvalue weighted by molar-refractivity contribution is 5.18. The van der Waals surface area contributed by atoms with Gasteiger partial charge in [-0.15, -0.1) is 0 Å². The molecule has 1 fully saturated rings. The first-order chi connectivity index (χ1) is 11.7. The van der Waals surface area contributed by atoms with Gasteiger partial charge in [0, 0.05) is 37.6 Å². The van der Waals surface area contributed by atoms with Crippen LogP contribution in [0.3, 0.4) is 0 Å². The molecule has 1 aromatic heterocycles. The molecule has 1 N–H and O–H groups in total. The number of ether oxygens (including phenoxy) is 1. The first-order valence-corrected chi connectivity index (χ1v) is 8.81. The molecule has 4 nitrogen and oxygen atoms in total. The number of rotatable bonds is 6. The van der Waals surface area contributed by atoms with Crippen molar-refractivity contribution in [3.8, 4) is 0 Å². The van der Waals surface area contributed by atoms with Crippen molar-refractivity contribution >= 4 is 0 Å². The molecule has 0 aliphatic carbocycles. The van der Waals surface area contributed by atoms with E-state index in [4.69, 9.17) is 4.74 Å². The molecule has 1 aromatic carbocycles. The van der Waals surface area contributed by atoms with Crippen molar-refractivity contribution in [2.45, 2.75) is 57.8 Å². The van der Waals surface area contributed by atoms with Crippen LogP contribution in [0.1, 0.15) is 44.2 Å². The Morgan fingerprint density at radius 2 is 2.25 bits per heavy atom. The summed E-state index contributed by atoms with van der Waals surface area (Å²) in [4.78, 5) is 4.50. The molecule has 2 heterocycles. The second-order valence-electron chi connectivity index (χ2n) is 6.47. The summed E-state index contributed by atoms with van der Waals surface area (Å²) < 4.78 is 22.0. The van der Waals surface area contributed by atoms with E-state index in [0.717, 1.165) is 37.4 Å². The van der Waals surface area contributed by atoms with Crippen molar-refractivity contribution < 1.29 is 9.13 Å². The van der Waals surface area contributed by atoms with Crippen LogP contribution in [0.4, 0.5) is 4.39 Å². The molecule has 3 atom stereocenters. The van der Waals surface area contributed by atoms with E-state index in [1.807, 2.05) is 24.5 Å². The Hall–Kier alpha value is -1.72. The third kappa shape index (κ3) is 3.84. The molecular weight excluding hydrogens is 305 g/mol. The Morgan fingerprint density at radius 1 is 1.42 bits per heavy atom. The number of nitrogens with zero attached hydrogens (tertiary/aromatic N) is 2. The Labute approximate surface area is 143 Å². The van der Waals surface area contributed by atoms with Crippen molar-refractivity contribution in [3.05, 3.63) is 53.9 Å². The predicted octanol–water partition coefficient (Wildman–Crippen LogP) is 3.48. The number of hydrogen-bond donors (Lipinski definition) is 1. The summed E-state index contributed by atoms with van der Waals surface area (Å²) in [5, 5.41) is 3.64. The van der Waals surface area contributed by atoms with Crippen LogP contribution >= 0.6 is 0 Å². The molecule has 0 amide bonds. The second kappa shape index (κ2) is 7.90. The maximum atomic E-state index is 13.9. The fourth-order valence-corrected chi connectivity index (χ4v) is 3.47. The van der Waals surface area contributed by atoms with Gasteiger partial charge in [-0.3, -0.25) is 0 Å². The Kier molecular flexibility index (Phi) is 5.63. The maximum Gasteiger partial charge on any atom is 0.139 e. The Morgan fingerprint density at radius 3 is 3.04 bits per heavy atom. The van der Waals surface area contributed by atoms with Gasteiger partial charge in [0.05, 0.1) is 0 Å². The fraction of sp³-hybridized carbons (Fsp3) is 0.526. The zero-order valence-electron chi connectivity index (χ0n) is 14.4. The molecule has 24 heavy (non-hydrogen) atoms. The Balaban J connectivity index is 1.68. The third-order valence-corrected chi connectivity index (χ3v) is 4.65. The molecule has 1 aliphatic rings. The van der Waals surface area contributed by atoms with E-state index < -0.39 is 0 Å². The van der Waals surface area contributed by atoms with Crippen LogP contribution < -0.4 is 5.32 Å². The summed E-state index contributed by atoms with van der Waals surface area (Å²) >= 11 is 0. The van der Waals surface area contributed by atoms with Gasteiger partial charge in [-0.1, -0.05) is 18.2 Å². The number of aryl methyl sites for hydroxylation is 1. The lowest BCUT2D eigenvalue weighted by Gasteiger charge is -2.34. The lowest BCUT2D eigenvalue weighted by atomic mass is 9.99. The molecule has 0 unspecified atom stereocenters. The van der Waals surface area contributed by atoms with Crippen LogP contribution in [0, 0.1) is 5.82 Å². The highest BCUT2D eigenvalue weighted by Gasteiger charge is 2.31. The van der Waals surface area contributed by atoms with Crippen LogP contribution in [-0.2, 0) is 17.7 Å². The fourth-order valence-electron chi connectivity index (χ4n) is 3.47. The number of imidazole rings is 1. The topological polar surface area (TPSA) is 39.1 Å². The van der Waals surface area contributed by atoms with Gasteiger partial charge < -0.3 is 14.6 Å². The second-order valence-corrected chi connectivity index (χ2v) is 6.47. The van der Waals surface area contributed by atoms with E-state index in [2.05, 4.69) is 28.7 Å². The highest BCUT2D eigenvalue weighted by Crippen LogP contribution is 2.28. The van der Waals surface area contributed by atoms with Crippen LogP contribution in [0.2, 0.25) is 0 Å². The van der Waals surface area contributed by atoms with Crippen LogP contribution in [0.5, 0.6) is 0 Å². The SMILES string of the molecule is CCn1ccnc1[C@H]1OCCC[C@@H]1N[C@H](C)Cc1ccccc1F. The van der Waals surface area contributed by atoms with Gasteiger partial charge in [-0.25, -0.2) is 9.37 Å². The molecule has 1 saturated heterocycles. The molecule has 0 bridgehead atoms. The van der Waals surface area contributed by atoms with Gasteiger partial charge in [0.25, 0.3) is 0 Å². The zero-order valence-corrected chi connectivity index (χ0v) is 14.4. The van der Waals surface area contributed by atoms with Gasteiger partial charge in [-0.05, 0) is 44.7 Å². The summed E-state index contributed by atoms with van der Waals surface area (Å²) in [5.41, 5.74) is 0.751. The predicted molar refractivity (Wildman–Crippen MR) is 92.3 cm³/mol. The third-order valence-electron chi connectivity index (χ3n) is 4.65. The van der Waals surface area contributed by atoms with E-state index >= 15 is 0 Å². The van der Waals surface area contributed by atoms with Gasteiger partial charge in [0.1, 0.15) is 17.7 Å². The number of nitrogens with one attached hydrogen (secondary N) is 1. The largest absolute Gasteiger partial charge is 0.369 e. The van der Waals surface area contributed by atoms with Crippen molar-refractivity contribution in [2.24, 2.45) is 0 Å². The van der Waals surface area contributed by atoms with Gasteiger partial charge in [0.15, 0.2) is 0 Å². The van der Waals surface area contributed by atoms with Crippen molar-refractivity contribution in [3.63, 3.8) is 0 Å². The van der Waals surface area contributed by atoms with E-state index in [9.17, 15) is 4.39 Å². The number of halogens is 1. The lowest BCUT2D eigenvalue weighted by Crippen LogP contribution is -2.45. The number of hydrogen-bond acceptors (Lipinski definition) is 3. The molecule has 3 rings (SSSR count). The number of aromatic nitrogens is 2. The summed E-state index contributed by atoms with van der Waals surface area (Å²) in [7, 11) is 0. The first-order valence-electron chi connectivity index (χ1n) is 8.81. The minimum Gasteiger partial charge on any atom is -0.369 e. The molecule has 0 spiro atoms. The van der Waals surface area contributed by atoms with Crippen LogP contribution in [-0.4, -0.2) is 28.2 Å². The summed E-state index contributed by atoms with van der Waals surface area (Å²) in [6.07, 6.45) is 6.52. The highest BCUT2D eigenvalue weighted by atomic mass is 19.1. The summed E-state index contributed by atoms with van der Waals surface area (Å²) in [5.74, 6) is 0.844.